The Balaban J connectivity index is 1.000. The van der Waals surface area contributed by atoms with Crippen LogP contribution >= 0.6 is 0 Å². The van der Waals surface area contributed by atoms with E-state index >= 15 is 0 Å². The molecule has 16 N–H and O–H groups in total. The molecule has 0 amide bonds. The summed E-state index contributed by atoms with van der Waals surface area (Å²) in [5.74, 6) is -2.08. The van der Waals surface area contributed by atoms with Crippen LogP contribution in [0.4, 0.5) is 5.82 Å². The second-order valence-corrected chi connectivity index (χ2v) is 13.0. The molecule has 0 aromatic carbocycles. The molecule has 3 fully saturated rings. The van der Waals surface area contributed by atoms with Crippen molar-refractivity contribution in [2.45, 2.75) is 124 Å². The molecule has 4 heterocycles. The molecule has 0 radical (unpaired) electrons. The molecule has 2 saturated heterocycles. The summed E-state index contributed by atoms with van der Waals surface area (Å²) in [6.45, 7) is 0.359. The van der Waals surface area contributed by atoms with Crippen molar-refractivity contribution in [2.75, 3.05) is 32.1 Å². The number of fused-ring (bicyclic) bond motifs is 1. The second-order valence-electron chi connectivity index (χ2n) is 13.0. The Hall–Kier alpha value is -2.25. The summed E-state index contributed by atoms with van der Waals surface area (Å²) in [7, 11) is 0. The Morgan fingerprint density at radius 2 is 1.57 bits per heavy atom. The summed E-state index contributed by atoms with van der Waals surface area (Å²) < 4.78 is 30.4. The normalized spacial score (nSPS) is 39.9. The molecule has 20 nitrogen and oxygen atoms in total. The van der Waals surface area contributed by atoms with Crippen LogP contribution in [-0.4, -0.2) is 156 Å². The number of nitrogens with zero attached hydrogens (tertiary/aromatic N) is 4. The number of hydrogen-bond donors (Lipinski definition) is 11. The number of nitrogen functional groups attached to an aromatic ring is 1. The molecule has 2 aromatic rings. The standard InChI is InChI=1S/C29H51N9O11/c30-9-15-24(43)29(44,23(33)28(48-15)49-22-14(32)8-13(31)18(39)20(22)41)46-7-5-3-1-2-4-6-45-10-16-19(40)21(42)27(47-16)38-12-37-17-25(34)35-11-36-26(17)38/h11-16,18-24,27-28,39-44H,1-10,30-33H2,(H2,34,35,36)/t13-,14+,15+,16+,18+,19+,20-,21+,22-,23-,24+,27+,28+,29-/m0/s1. The molecule has 2 aliphatic heterocycles. The minimum absolute atomic E-state index is 0.0616. The molecule has 1 aliphatic carbocycles. The van der Waals surface area contributed by atoms with E-state index in [-0.39, 0.29) is 32.0 Å². The molecular weight excluding hydrogens is 650 g/mol. The van der Waals surface area contributed by atoms with Crippen LogP contribution in [-0.2, 0) is 23.7 Å². The maximum Gasteiger partial charge on any atom is 0.215 e. The van der Waals surface area contributed by atoms with Crippen molar-refractivity contribution >= 4 is 17.0 Å². The Kier molecular flexibility index (Phi) is 12.7. The van der Waals surface area contributed by atoms with E-state index in [1.165, 1.54) is 17.2 Å². The molecule has 49 heavy (non-hydrogen) atoms. The summed E-state index contributed by atoms with van der Waals surface area (Å²) >= 11 is 0. The van der Waals surface area contributed by atoms with Gasteiger partial charge in [-0.05, 0) is 19.3 Å². The van der Waals surface area contributed by atoms with Crippen LogP contribution in [0.2, 0.25) is 0 Å². The number of imidazole rings is 1. The van der Waals surface area contributed by atoms with Crippen LogP contribution in [0.25, 0.3) is 11.2 Å². The molecule has 278 valence electrons. The van der Waals surface area contributed by atoms with E-state index in [0.29, 0.717) is 24.2 Å². The van der Waals surface area contributed by atoms with Crippen molar-refractivity contribution in [3.8, 4) is 0 Å². The monoisotopic (exact) mass is 701 g/mol. The fraction of sp³-hybridized carbons (Fsp3) is 0.828. The fourth-order valence-corrected chi connectivity index (χ4v) is 6.52. The average molecular weight is 702 g/mol. The first-order valence-corrected chi connectivity index (χ1v) is 16.6. The van der Waals surface area contributed by atoms with Gasteiger partial charge in [0.15, 0.2) is 24.0 Å². The molecule has 20 heteroatoms. The highest BCUT2D eigenvalue weighted by molar-refractivity contribution is 5.81. The average Bonchev–Trinajstić information content (AvgIpc) is 3.63. The Morgan fingerprint density at radius 1 is 0.857 bits per heavy atom. The minimum Gasteiger partial charge on any atom is -0.389 e. The fourth-order valence-electron chi connectivity index (χ4n) is 6.52. The maximum atomic E-state index is 11.3. The SMILES string of the molecule is NC[C@H]1O[C@H](O[C@@H]2[C@@H](O)[C@H](O)[C@@H](N)C[C@H]2N)[C@H](N)[C@](O)(OCCCCCCCOC[C@H]2O[C@@H](n3cnc4c(N)ncnc43)[C@H](O)[C@@H]2O)[C@@H]1O. The molecule has 2 aromatic heterocycles. The van der Waals surface area contributed by atoms with Gasteiger partial charge in [-0.15, -0.1) is 0 Å². The number of nitrogens with two attached hydrogens (primary N) is 5. The lowest BCUT2D eigenvalue weighted by Gasteiger charge is -2.50. The van der Waals surface area contributed by atoms with Crippen LogP contribution in [0, 0.1) is 0 Å². The number of hydrogen-bond acceptors (Lipinski definition) is 19. The van der Waals surface area contributed by atoms with Gasteiger partial charge in [0.1, 0.15) is 60.6 Å². The highest BCUT2D eigenvalue weighted by atomic mass is 16.7. The highest BCUT2D eigenvalue weighted by Crippen LogP contribution is 2.34. The third-order valence-corrected chi connectivity index (χ3v) is 9.52. The van der Waals surface area contributed by atoms with Gasteiger partial charge in [0, 0.05) is 25.2 Å². The third kappa shape index (κ3) is 7.98. The number of ether oxygens (including phenoxy) is 5. The predicted molar refractivity (Wildman–Crippen MR) is 170 cm³/mol. The first-order chi connectivity index (χ1) is 23.4. The smallest absolute Gasteiger partial charge is 0.215 e. The first-order valence-electron chi connectivity index (χ1n) is 16.6. The number of anilines is 1. The summed E-state index contributed by atoms with van der Waals surface area (Å²) in [4.78, 5) is 12.2. The van der Waals surface area contributed by atoms with Gasteiger partial charge >= 0.3 is 0 Å². The van der Waals surface area contributed by atoms with E-state index in [0.717, 1.165) is 25.7 Å². The lowest BCUT2D eigenvalue weighted by molar-refractivity contribution is -0.371. The summed E-state index contributed by atoms with van der Waals surface area (Å²) in [6, 6.07) is -2.89. The van der Waals surface area contributed by atoms with Crippen LogP contribution in [0.5, 0.6) is 0 Å². The number of unbranched alkanes of at least 4 members (excludes halogenated alkanes) is 4. The number of aliphatic hydroxyl groups excluding tert-OH is 5. The van der Waals surface area contributed by atoms with Crippen molar-refractivity contribution < 1.29 is 54.3 Å². The first kappa shape index (κ1) is 38.0. The van der Waals surface area contributed by atoms with E-state index in [4.69, 9.17) is 52.4 Å². The molecule has 0 spiro atoms. The van der Waals surface area contributed by atoms with Crippen LogP contribution < -0.4 is 28.7 Å². The number of aliphatic hydroxyl groups is 6. The van der Waals surface area contributed by atoms with Crippen molar-refractivity contribution in [1.29, 1.82) is 0 Å². The molecule has 0 bridgehead atoms. The van der Waals surface area contributed by atoms with Crippen molar-refractivity contribution in [2.24, 2.45) is 22.9 Å². The van der Waals surface area contributed by atoms with Crippen LogP contribution in [0.1, 0.15) is 44.8 Å². The Labute approximate surface area is 282 Å². The molecule has 1 saturated carbocycles. The van der Waals surface area contributed by atoms with Gasteiger partial charge in [0.2, 0.25) is 5.79 Å². The van der Waals surface area contributed by atoms with E-state index in [1.807, 2.05) is 0 Å². The Bertz CT molecular complexity index is 1350. The Morgan fingerprint density at radius 3 is 2.31 bits per heavy atom. The summed E-state index contributed by atoms with van der Waals surface area (Å²) in [5, 5.41) is 64.0. The van der Waals surface area contributed by atoms with Crippen molar-refractivity contribution in [3.63, 3.8) is 0 Å². The molecule has 5 rings (SSSR count). The van der Waals surface area contributed by atoms with Crippen molar-refractivity contribution in [1.82, 2.24) is 19.5 Å². The quantitative estimate of drug-likeness (QED) is 0.0613. The molecule has 3 aliphatic rings. The zero-order valence-corrected chi connectivity index (χ0v) is 27.1. The summed E-state index contributed by atoms with van der Waals surface area (Å²) in [6.07, 6.45) is -5.40. The lowest BCUT2D eigenvalue weighted by Crippen LogP contribution is -2.73. The van der Waals surface area contributed by atoms with Gasteiger partial charge in [-0.2, -0.15) is 0 Å². The van der Waals surface area contributed by atoms with E-state index in [9.17, 15) is 30.6 Å². The maximum absolute atomic E-state index is 11.3. The van der Waals surface area contributed by atoms with E-state index in [1.54, 1.807) is 0 Å². The van der Waals surface area contributed by atoms with E-state index in [2.05, 4.69) is 15.0 Å². The third-order valence-electron chi connectivity index (χ3n) is 9.52. The highest BCUT2D eigenvalue weighted by Gasteiger charge is 2.57. The molecular formula is C29H51N9O11. The molecule has 14 atom stereocenters. The summed E-state index contributed by atoms with van der Waals surface area (Å²) in [5.41, 5.74) is 30.5. The lowest BCUT2D eigenvalue weighted by atomic mass is 9.84. The zero-order valence-electron chi connectivity index (χ0n) is 27.1. The predicted octanol–water partition coefficient (Wildman–Crippen LogP) is -4.76. The van der Waals surface area contributed by atoms with Crippen LogP contribution in [0.15, 0.2) is 12.7 Å². The topological polar surface area (TPSA) is 341 Å². The van der Waals surface area contributed by atoms with Crippen molar-refractivity contribution in [3.05, 3.63) is 12.7 Å². The van der Waals surface area contributed by atoms with Gasteiger partial charge in [-0.25, -0.2) is 15.0 Å². The number of rotatable bonds is 15. The van der Waals surface area contributed by atoms with Gasteiger partial charge in [0.05, 0.1) is 25.6 Å². The van der Waals surface area contributed by atoms with Gasteiger partial charge in [-0.3, -0.25) is 4.57 Å². The zero-order chi connectivity index (χ0) is 35.5. The number of aromatic nitrogens is 4. The van der Waals surface area contributed by atoms with Gasteiger partial charge in [-0.1, -0.05) is 19.3 Å². The van der Waals surface area contributed by atoms with Gasteiger partial charge < -0.3 is 83.0 Å². The molecule has 0 unspecified atom stereocenters. The largest absolute Gasteiger partial charge is 0.389 e. The van der Waals surface area contributed by atoms with E-state index < -0.39 is 85.3 Å². The van der Waals surface area contributed by atoms with Crippen LogP contribution in [0.3, 0.4) is 0 Å². The second kappa shape index (κ2) is 16.4. The van der Waals surface area contributed by atoms with Gasteiger partial charge in [0.25, 0.3) is 0 Å². The minimum atomic E-state index is -2.27.